The van der Waals surface area contributed by atoms with Crippen molar-refractivity contribution < 1.29 is 4.74 Å². The van der Waals surface area contributed by atoms with E-state index in [2.05, 4.69) is 28.7 Å². The van der Waals surface area contributed by atoms with Crippen LogP contribution in [-0.4, -0.2) is 30.2 Å². The molecule has 2 rings (SSSR count). The number of rotatable bonds is 3. The summed E-state index contributed by atoms with van der Waals surface area (Å²) in [5.41, 5.74) is 5.67. The predicted octanol–water partition coefficient (Wildman–Crippen LogP) is 1.55. The topological polar surface area (TPSA) is 64.3 Å². The summed E-state index contributed by atoms with van der Waals surface area (Å²) in [5, 5.41) is 0. The molecule has 0 amide bonds. The van der Waals surface area contributed by atoms with Gasteiger partial charge in [-0.2, -0.15) is 9.97 Å². The van der Waals surface area contributed by atoms with Crippen LogP contribution in [0, 0.1) is 11.8 Å². The molecule has 5 heteroatoms. The first-order valence-corrected chi connectivity index (χ1v) is 6.03. The van der Waals surface area contributed by atoms with Crippen LogP contribution in [0.25, 0.3) is 0 Å². The van der Waals surface area contributed by atoms with Crippen LogP contribution in [-0.2, 0) is 0 Å². The standard InChI is InChI=1S/C12H20N4O/c1-8(2)9-4-5-16(7-9)10-6-11(17-3)15-12(13)14-10/h6,8-9H,4-5,7H2,1-3H3,(H2,13,14,15). The Morgan fingerprint density at radius 2 is 2.24 bits per heavy atom. The van der Waals surface area contributed by atoms with Crippen LogP contribution in [0.1, 0.15) is 20.3 Å². The van der Waals surface area contributed by atoms with Gasteiger partial charge in [0.05, 0.1) is 7.11 Å². The lowest BCUT2D eigenvalue weighted by Gasteiger charge is -2.19. The molecule has 2 N–H and O–H groups in total. The molecule has 0 aromatic carbocycles. The minimum atomic E-state index is 0.271. The summed E-state index contributed by atoms with van der Waals surface area (Å²) in [6, 6.07) is 1.85. The number of nitrogens with zero attached hydrogens (tertiary/aromatic N) is 3. The van der Waals surface area contributed by atoms with Gasteiger partial charge in [0.2, 0.25) is 11.8 Å². The van der Waals surface area contributed by atoms with E-state index >= 15 is 0 Å². The van der Waals surface area contributed by atoms with Crippen LogP contribution in [0.5, 0.6) is 5.88 Å². The first-order valence-electron chi connectivity index (χ1n) is 6.03. The average Bonchev–Trinajstić information content (AvgIpc) is 2.77. The maximum atomic E-state index is 5.67. The molecule has 1 aliphatic rings. The number of aromatic nitrogens is 2. The van der Waals surface area contributed by atoms with Gasteiger partial charge in [0.1, 0.15) is 5.82 Å². The van der Waals surface area contributed by atoms with E-state index in [1.165, 1.54) is 6.42 Å². The fourth-order valence-corrected chi connectivity index (χ4v) is 2.24. The molecule has 94 valence electrons. The van der Waals surface area contributed by atoms with Gasteiger partial charge in [-0.25, -0.2) is 0 Å². The molecule has 17 heavy (non-hydrogen) atoms. The lowest BCUT2D eigenvalue weighted by molar-refractivity contribution is 0.397. The Hall–Kier alpha value is -1.52. The van der Waals surface area contributed by atoms with Crippen molar-refractivity contribution >= 4 is 11.8 Å². The van der Waals surface area contributed by atoms with Crippen molar-refractivity contribution in [2.24, 2.45) is 11.8 Å². The lowest BCUT2D eigenvalue weighted by atomic mass is 9.95. The summed E-state index contributed by atoms with van der Waals surface area (Å²) in [6.45, 7) is 6.60. The second-order valence-electron chi connectivity index (χ2n) is 4.87. The summed E-state index contributed by atoms with van der Waals surface area (Å²) in [7, 11) is 1.59. The van der Waals surface area contributed by atoms with Gasteiger partial charge in [0.25, 0.3) is 0 Å². The van der Waals surface area contributed by atoms with Crippen molar-refractivity contribution in [2.45, 2.75) is 20.3 Å². The molecule has 0 aliphatic carbocycles. The molecule has 1 atom stereocenters. The Bertz CT molecular complexity index is 394. The van der Waals surface area contributed by atoms with Crippen LogP contribution in [0.15, 0.2) is 6.07 Å². The highest BCUT2D eigenvalue weighted by Crippen LogP contribution is 2.28. The SMILES string of the molecule is COc1cc(N2CCC(C(C)C)C2)nc(N)n1. The van der Waals surface area contributed by atoms with E-state index in [-0.39, 0.29) is 5.95 Å². The number of nitrogen functional groups attached to an aromatic ring is 1. The highest BCUT2D eigenvalue weighted by atomic mass is 16.5. The molecule has 1 unspecified atom stereocenters. The molecular formula is C12H20N4O. The third-order valence-electron chi connectivity index (χ3n) is 3.41. The zero-order valence-corrected chi connectivity index (χ0v) is 10.7. The van der Waals surface area contributed by atoms with Gasteiger partial charge < -0.3 is 15.4 Å². The summed E-state index contributed by atoms with van der Waals surface area (Å²) >= 11 is 0. The molecule has 0 radical (unpaired) electrons. The first kappa shape index (κ1) is 12.0. The van der Waals surface area contributed by atoms with Crippen molar-refractivity contribution in [3.63, 3.8) is 0 Å². The highest BCUT2D eigenvalue weighted by molar-refractivity contribution is 5.46. The summed E-state index contributed by atoms with van der Waals surface area (Å²) in [5.74, 6) is 3.11. The zero-order chi connectivity index (χ0) is 12.4. The Balaban J connectivity index is 2.15. The van der Waals surface area contributed by atoms with Gasteiger partial charge in [0, 0.05) is 19.2 Å². The molecule has 2 heterocycles. The molecule has 0 bridgehead atoms. The normalized spacial score (nSPS) is 20.0. The smallest absolute Gasteiger partial charge is 0.225 e. The van der Waals surface area contributed by atoms with Crippen LogP contribution in [0.3, 0.4) is 0 Å². The molecular weight excluding hydrogens is 216 g/mol. The van der Waals surface area contributed by atoms with Gasteiger partial charge in [-0.3, -0.25) is 0 Å². The molecule has 5 nitrogen and oxygen atoms in total. The van der Waals surface area contributed by atoms with Crippen LogP contribution in [0.2, 0.25) is 0 Å². The zero-order valence-electron chi connectivity index (χ0n) is 10.7. The van der Waals surface area contributed by atoms with E-state index < -0.39 is 0 Å². The lowest BCUT2D eigenvalue weighted by Crippen LogP contribution is -2.22. The van der Waals surface area contributed by atoms with E-state index in [0.29, 0.717) is 11.8 Å². The fourth-order valence-electron chi connectivity index (χ4n) is 2.24. The van der Waals surface area contributed by atoms with E-state index in [4.69, 9.17) is 10.5 Å². The average molecular weight is 236 g/mol. The van der Waals surface area contributed by atoms with Crippen molar-refractivity contribution in [2.75, 3.05) is 30.8 Å². The molecule has 1 aliphatic heterocycles. The van der Waals surface area contributed by atoms with Gasteiger partial charge in [-0.15, -0.1) is 0 Å². The Labute approximate surface area is 102 Å². The van der Waals surface area contributed by atoms with Crippen LogP contribution in [0.4, 0.5) is 11.8 Å². The minimum Gasteiger partial charge on any atom is -0.481 e. The van der Waals surface area contributed by atoms with Gasteiger partial charge in [-0.1, -0.05) is 13.8 Å². The quantitative estimate of drug-likeness (QED) is 0.862. The fraction of sp³-hybridized carbons (Fsp3) is 0.667. The number of hydrogen-bond donors (Lipinski definition) is 1. The molecule has 0 spiro atoms. The number of methoxy groups -OCH3 is 1. The van der Waals surface area contributed by atoms with E-state index in [9.17, 15) is 0 Å². The monoisotopic (exact) mass is 236 g/mol. The molecule has 1 saturated heterocycles. The third kappa shape index (κ3) is 2.60. The largest absolute Gasteiger partial charge is 0.481 e. The summed E-state index contributed by atoms with van der Waals surface area (Å²) in [6.07, 6.45) is 1.21. The van der Waals surface area contributed by atoms with E-state index in [1.807, 2.05) is 6.07 Å². The number of nitrogens with two attached hydrogens (primary N) is 1. The Morgan fingerprint density at radius 3 is 2.82 bits per heavy atom. The van der Waals surface area contributed by atoms with Crippen molar-refractivity contribution in [1.29, 1.82) is 0 Å². The molecule has 1 aromatic rings. The van der Waals surface area contributed by atoms with Crippen molar-refractivity contribution in [3.8, 4) is 5.88 Å². The van der Waals surface area contributed by atoms with Gasteiger partial charge >= 0.3 is 0 Å². The van der Waals surface area contributed by atoms with Crippen molar-refractivity contribution in [3.05, 3.63) is 6.07 Å². The number of anilines is 2. The summed E-state index contributed by atoms with van der Waals surface area (Å²) in [4.78, 5) is 10.5. The molecule has 1 fully saturated rings. The van der Waals surface area contributed by atoms with E-state index in [1.54, 1.807) is 7.11 Å². The third-order valence-corrected chi connectivity index (χ3v) is 3.41. The van der Waals surface area contributed by atoms with Gasteiger partial charge in [0.15, 0.2) is 0 Å². The van der Waals surface area contributed by atoms with Crippen molar-refractivity contribution in [1.82, 2.24) is 9.97 Å². The van der Waals surface area contributed by atoms with Gasteiger partial charge in [-0.05, 0) is 18.3 Å². The first-order chi connectivity index (χ1) is 8.10. The van der Waals surface area contributed by atoms with Crippen LogP contribution >= 0.6 is 0 Å². The summed E-state index contributed by atoms with van der Waals surface area (Å²) < 4.78 is 5.11. The Kier molecular flexibility index (Phi) is 3.36. The maximum absolute atomic E-state index is 5.67. The van der Waals surface area contributed by atoms with E-state index in [0.717, 1.165) is 24.8 Å². The maximum Gasteiger partial charge on any atom is 0.225 e. The molecule has 0 saturated carbocycles. The van der Waals surface area contributed by atoms with Crippen LogP contribution < -0.4 is 15.4 Å². The minimum absolute atomic E-state index is 0.271. The predicted molar refractivity (Wildman–Crippen MR) is 68.2 cm³/mol. The molecule has 1 aromatic heterocycles. The number of hydrogen-bond acceptors (Lipinski definition) is 5. The second-order valence-corrected chi connectivity index (χ2v) is 4.87. The second kappa shape index (κ2) is 4.77. The number of ether oxygens (including phenoxy) is 1. The highest BCUT2D eigenvalue weighted by Gasteiger charge is 2.26. The Morgan fingerprint density at radius 1 is 1.47 bits per heavy atom.